The molecule has 0 bridgehead atoms. The SMILES string of the molecule is C=CC1(C)CCC(C(C)CC(=O)O)O1. The minimum atomic E-state index is -0.756. The van der Waals surface area contributed by atoms with Crippen LogP contribution in [0.2, 0.25) is 0 Å². The van der Waals surface area contributed by atoms with E-state index >= 15 is 0 Å². The zero-order valence-electron chi connectivity index (χ0n) is 8.82. The van der Waals surface area contributed by atoms with Gasteiger partial charge in [0.25, 0.3) is 0 Å². The van der Waals surface area contributed by atoms with E-state index in [4.69, 9.17) is 9.84 Å². The van der Waals surface area contributed by atoms with Crippen LogP contribution in [-0.4, -0.2) is 22.8 Å². The normalized spacial score (nSPS) is 34.0. The summed E-state index contributed by atoms with van der Waals surface area (Å²) in [6.07, 6.45) is 3.91. The average molecular weight is 198 g/mol. The maximum atomic E-state index is 10.5. The number of hydrogen-bond acceptors (Lipinski definition) is 2. The van der Waals surface area contributed by atoms with Crippen molar-refractivity contribution >= 4 is 5.97 Å². The van der Waals surface area contributed by atoms with Gasteiger partial charge in [0.1, 0.15) is 0 Å². The van der Waals surface area contributed by atoms with Crippen LogP contribution in [0.25, 0.3) is 0 Å². The van der Waals surface area contributed by atoms with Gasteiger partial charge in [-0.25, -0.2) is 0 Å². The van der Waals surface area contributed by atoms with Gasteiger partial charge in [-0.15, -0.1) is 6.58 Å². The molecule has 1 aliphatic heterocycles. The largest absolute Gasteiger partial charge is 0.481 e. The Bertz CT molecular complexity index is 237. The summed E-state index contributed by atoms with van der Waals surface area (Å²) in [4.78, 5) is 10.5. The molecule has 0 aromatic rings. The minimum absolute atomic E-state index is 0.0640. The maximum Gasteiger partial charge on any atom is 0.303 e. The number of hydrogen-bond donors (Lipinski definition) is 1. The first-order valence-electron chi connectivity index (χ1n) is 5.00. The zero-order valence-corrected chi connectivity index (χ0v) is 8.82. The fourth-order valence-electron chi connectivity index (χ4n) is 1.85. The molecular weight excluding hydrogens is 180 g/mol. The Labute approximate surface area is 84.8 Å². The number of carboxylic acids is 1. The molecule has 1 saturated heterocycles. The topological polar surface area (TPSA) is 46.5 Å². The zero-order chi connectivity index (χ0) is 10.8. The Morgan fingerprint density at radius 1 is 1.86 bits per heavy atom. The second-order valence-electron chi connectivity index (χ2n) is 4.29. The van der Waals surface area contributed by atoms with E-state index in [1.54, 1.807) is 6.08 Å². The molecule has 1 fully saturated rings. The van der Waals surface area contributed by atoms with Crippen LogP contribution in [0.3, 0.4) is 0 Å². The number of aliphatic carboxylic acids is 1. The molecule has 1 N–H and O–H groups in total. The second-order valence-corrected chi connectivity index (χ2v) is 4.29. The highest BCUT2D eigenvalue weighted by Gasteiger charge is 2.36. The van der Waals surface area contributed by atoms with Crippen molar-refractivity contribution in [1.29, 1.82) is 0 Å². The quantitative estimate of drug-likeness (QED) is 0.704. The van der Waals surface area contributed by atoms with E-state index in [9.17, 15) is 4.79 Å². The fraction of sp³-hybridized carbons (Fsp3) is 0.727. The van der Waals surface area contributed by atoms with Crippen LogP contribution >= 0.6 is 0 Å². The highest BCUT2D eigenvalue weighted by Crippen LogP contribution is 2.35. The third kappa shape index (κ3) is 2.58. The van der Waals surface area contributed by atoms with Crippen molar-refractivity contribution in [2.75, 3.05) is 0 Å². The molecule has 0 radical (unpaired) electrons. The molecule has 0 aromatic carbocycles. The Morgan fingerprint density at radius 3 is 2.93 bits per heavy atom. The maximum absolute atomic E-state index is 10.5. The van der Waals surface area contributed by atoms with E-state index in [2.05, 4.69) is 6.58 Å². The lowest BCUT2D eigenvalue weighted by atomic mass is 9.97. The van der Waals surface area contributed by atoms with Gasteiger partial charge in [-0.1, -0.05) is 13.0 Å². The first kappa shape index (κ1) is 11.2. The number of rotatable bonds is 4. The van der Waals surface area contributed by atoms with Gasteiger partial charge < -0.3 is 9.84 Å². The van der Waals surface area contributed by atoms with Crippen molar-refractivity contribution in [2.24, 2.45) is 5.92 Å². The molecule has 3 atom stereocenters. The fourth-order valence-corrected chi connectivity index (χ4v) is 1.85. The van der Waals surface area contributed by atoms with Crippen LogP contribution in [0.1, 0.15) is 33.1 Å². The van der Waals surface area contributed by atoms with Crippen molar-refractivity contribution in [1.82, 2.24) is 0 Å². The summed E-state index contributed by atoms with van der Waals surface area (Å²) in [6, 6.07) is 0. The highest BCUT2D eigenvalue weighted by atomic mass is 16.5. The molecule has 14 heavy (non-hydrogen) atoms. The van der Waals surface area contributed by atoms with E-state index in [1.165, 1.54) is 0 Å². The number of carboxylic acid groups (broad SMARTS) is 1. The molecule has 0 spiro atoms. The summed E-state index contributed by atoms with van der Waals surface area (Å²) in [6.45, 7) is 7.65. The van der Waals surface area contributed by atoms with E-state index < -0.39 is 5.97 Å². The van der Waals surface area contributed by atoms with Crippen molar-refractivity contribution < 1.29 is 14.6 Å². The van der Waals surface area contributed by atoms with Crippen LogP contribution in [0.5, 0.6) is 0 Å². The molecule has 3 unspecified atom stereocenters. The van der Waals surface area contributed by atoms with Crippen LogP contribution in [0.15, 0.2) is 12.7 Å². The summed E-state index contributed by atoms with van der Waals surface area (Å²) in [5, 5.41) is 8.66. The lowest BCUT2D eigenvalue weighted by Crippen LogP contribution is -2.26. The lowest BCUT2D eigenvalue weighted by molar-refractivity contribution is -0.139. The summed E-state index contributed by atoms with van der Waals surface area (Å²) >= 11 is 0. The van der Waals surface area contributed by atoms with E-state index in [0.29, 0.717) is 0 Å². The molecule has 0 amide bonds. The van der Waals surface area contributed by atoms with Crippen LogP contribution < -0.4 is 0 Å². The third-order valence-corrected chi connectivity index (χ3v) is 2.91. The Morgan fingerprint density at radius 2 is 2.50 bits per heavy atom. The van der Waals surface area contributed by atoms with E-state index in [0.717, 1.165) is 12.8 Å². The van der Waals surface area contributed by atoms with E-state index in [-0.39, 0.29) is 24.0 Å². The van der Waals surface area contributed by atoms with Crippen molar-refractivity contribution in [3.63, 3.8) is 0 Å². The standard InChI is InChI=1S/C11H18O3/c1-4-11(3)6-5-9(14-11)8(2)7-10(12)13/h4,8-9H,1,5-7H2,2-3H3,(H,12,13). The molecular formula is C11H18O3. The summed E-state index contributed by atoms with van der Waals surface area (Å²) in [5.41, 5.74) is -0.253. The molecule has 0 saturated carbocycles. The van der Waals surface area contributed by atoms with Gasteiger partial charge in [0.15, 0.2) is 0 Å². The molecule has 0 aliphatic carbocycles. The highest BCUT2D eigenvalue weighted by molar-refractivity contribution is 5.67. The number of carbonyl (C=O) groups is 1. The van der Waals surface area contributed by atoms with Crippen LogP contribution in [-0.2, 0) is 9.53 Å². The minimum Gasteiger partial charge on any atom is -0.481 e. The number of ether oxygens (including phenoxy) is 1. The smallest absolute Gasteiger partial charge is 0.303 e. The van der Waals surface area contributed by atoms with E-state index in [1.807, 2.05) is 13.8 Å². The summed E-state index contributed by atoms with van der Waals surface area (Å²) in [5.74, 6) is -0.678. The molecule has 1 heterocycles. The first-order chi connectivity index (χ1) is 6.47. The van der Waals surface area contributed by atoms with Gasteiger partial charge in [-0.3, -0.25) is 4.79 Å². The van der Waals surface area contributed by atoms with Gasteiger partial charge in [0.05, 0.1) is 18.1 Å². The average Bonchev–Trinajstić information content (AvgIpc) is 2.48. The van der Waals surface area contributed by atoms with Crippen molar-refractivity contribution in [2.45, 2.75) is 44.8 Å². The Hall–Kier alpha value is -0.830. The van der Waals surface area contributed by atoms with Crippen molar-refractivity contribution in [3.8, 4) is 0 Å². The molecule has 80 valence electrons. The van der Waals surface area contributed by atoms with Gasteiger partial charge in [0, 0.05) is 0 Å². The molecule has 3 heteroatoms. The summed E-state index contributed by atoms with van der Waals surface area (Å²) in [7, 11) is 0. The Kier molecular flexibility index (Phi) is 3.32. The predicted molar refractivity (Wildman–Crippen MR) is 54.1 cm³/mol. The first-order valence-corrected chi connectivity index (χ1v) is 5.00. The van der Waals surface area contributed by atoms with Crippen LogP contribution in [0.4, 0.5) is 0 Å². The second kappa shape index (κ2) is 4.13. The van der Waals surface area contributed by atoms with Gasteiger partial charge in [-0.05, 0) is 25.7 Å². The van der Waals surface area contributed by atoms with Crippen molar-refractivity contribution in [3.05, 3.63) is 12.7 Å². The summed E-state index contributed by atoms with van der Waals surface area (Å²) < 4.78 is 5.78. The van der Waals surface area contributed by atoms with Gasteiger partial charge in [0.2, 0.25) is 0 Å². The molecule has 1 rings (SSSR count). The molecule has 0 aromatic heterocycles. The van der Waals surface area contributed by atoms with Gasteiger partial charge >= 0.3 is 5.97 Å². The Balaban J connectivity index is 2.49. The lowest BCUT2D eigenvalue weighted by Gasteiger charge is -2.23. The molecule has 3 nitrogen and oxygen atoms in total. The third-order valence-electron chi connectivity index (χ3n) is 2.91. The monoisotopic (exact) mass is 198 g/mol. The van der Waals surface area contributed by atoms with Gasteiger partial charge in [-0.2, -0.15) is 0 Å². The van der Waals surface area contributed by atoms with Crippen LogP contribution in [0, 0.1) is 5.92 Å². The molecule has 1 aliphatic rings. The predicted octanol–water partition coefficient (Wildman–Crippen LogP) is 2.22.